The molecule has 1 heterocycles. The molecule has 1 atom stereocenters. The lowest BCUT2D eigenvalue weighted by molar-refractivity contribution is -0.121. The number of rotatable bonds is 5. The van der Waals surface area contributed by atoms with E-state index in [-0.39, 0.29) is 11.8 Å². The van der Waals surface area contributed by atoms with Crippen LogP contribution in [-0.4, -0.2) is 30.2 Å². The zero-order valence-electron chi connectivity index (χ0n) is 11.8. The van der Waals surface area contributed by atoms with Crippen LogP contribution in [0.2, 0.25) is 0 Å². The van der Waals surface area contributed by atoms with Gasteiger partial charge in [-0.3, -0.25) is 4.79 Å². The lowest BCUT2D eigenvalue weighted by atomic mass is 9.57. The molecule has 1 radical (unpaired) electrons. The highest BCUT2D eigenvalue weighted by atomic mass is 16.4. The van der Waals surface area contributed by atoms with E-state index in [0.717, 1.165) is 11.1 Å². The molecule has 0 saturated heterocycles. The number of unbranched alkanes of at least 4 members (excludes halogenated alkanes) is 1. The zero-order chi connectivity index (χ0) is 15.2. The highest BCUT2D eigenvalue weighted by Crippen LogP contribution is 2.21. The molecule has 0 spiro atoms. The Balaban J connectivity index is 1.97. The summed E-state index contributed by atoms with van der Waals surface area (Å²) in [6.45, 7) is 0. The molecule has 2 rings (SSSR count). The summed E-state index contributed by atoms with van der Waals surface area (Å²) in [6.07, 6.45) is 8.07. The second-order valence-corrected chi connectivity index (χ2v) is 5.12. The predicted octanol–water partition coefficient (Wildman–Crippen LogP) is 1.39. The molecule has 4 nitrogen and oxygen atoms in total. The molecule has 0 aromatic heterocycles. The van der Waals surface area contributed by atoms with Crippen molar-refractivity contribution < 1.29 is 14.7 Å². The number of carboxylic acids is 1. The Morgan fingerprint density at radius 1 is 1.48 bits per heavy atom. The van der Waals surface area contributed by atoms with Crippen molar-refractivity contribution in [3.63, 3.8) is 0 Å². The van der Waals surface area contributed by atoms with Gasteiger partial charge in [-0.1, -0.05) is 18.5 Å². The number of nitrogens with one attached hydrogen (secondary N) is 1. The van der Waals surface area contributed by atoms with Crippen molar-refractivity contribution >= 4 is 19.2 Å². The SMILES string of the molecule is C#CCCCC(=O)NC1[B]Cc2c(cccc2C(=O)O)C1. The maximum atomic E-state index is 11.8. The van der Waals surface area contributed by atoms with E-state index in [1.807, 2.05) is 13.3 Å². The molecule has 1 amide bonds. The van der Waals surface area contributed by atoms with Crippen LogP contribution in [0.1, 0.15) is 40.7 Å². The van der Waals surface area contributed by atoms with Gasteiger partial charge in [0.2, 0.25) is 5.91 Å². The maximum Gasteiger partial charge on any atom is 0.335 e. The summed E-state index contributed by atoms with van der Waals surface area (Å²) >= 11 is 0. The first kappa shape index (κ1) is 15.2. The van der Waals surface area contributed by atoms with Crippen molar-refractivity contribution in [2.45, 2.75) is 37.9 Å². The van der Waals surface area contributed by atoms with Crippen LogP contribution in [0.25, 0.3) is 0 Å². The van der Waals surface area contributed by atoms with Crippen LogP contribution in [0.4, 0.5) is 0 Å². The smallest absolute Gasteiger partial charge is 0.335 e. The van der Waals surface area contributed by atoms with E-state index in [4.69, 9.17) is 6.42 Å². The Kier molecular flexibility index (Phi) is 5.05. The first-order chi connectivity index (χ1) is 10.1. The fourth-order valence-electron chi connectivity index (χ4n) is 2.59. The second-order valence-electron chi connectivity index (χ2n) is 5.12. The Hall–Kier alpha value is -2.22. The van der Waals surface area contributed by atoms with Crippen molar-refractivity contribution in [3.05, 3.63) is 34.9 Å². The van der Waals surface area contributed by atoms with Gasteiger partial charge in [0.1, 0.15) is 7.28 Å². The molecule has 1 aliphatic rings. The molecule has 1 aromatic carbocycles. The summed E-state index contributed by atoms with van der Waals surface area (Å²) in [5.41, 5.74) is 2.19. The van der Waals surface area contributed by atoms with E-state index in [9.17, 15) is 14.7 Å². The van der Waals surface area contributed by atoms with Gasteiger partial charge in [-0.05, 0) is 30.0 Å². The van der Waals surface area contributed by atoms with Gasteiger partial charge in [0.05, 0.1) is 5.56 Å². The molecular formula is C16H17BNO3. The van der Waals surface area contributed by atoms with E-state index in [2.05, 4.69) is 11.2 Å². The molecule has 0 aliphatic carbocycles. The molecule has 21 heavy (non-hydrogen) atoms. The lowest BCUT2D eigenvalue weighted by Gasteiger charge is -2.26. The van der Waals surface area contributed by atoms with Gasteiger partial charge >= 0.3 is 5.97 Å². The lowest BCUT2D eigenvalue weighted by Crippen LogP contribution is -2.44. The van der Waals surface area contributed by atoms with Crippen molar-refractivity contribution in [1.82, 2.24) is 5.32 Å². The van der Waals surface area contributed by atoms with Crippen LogP contribution < -0.4 is 5.32 Å². The third kappa shape index (κ3) is 3.88. The van der Waals surface area contributed by atoms with Gasteiger partial charge < -0.3 is 10.4 Å². The second kappa shape index (κ2) is 6.98. The van der Waals surface area contributed by atoms with Crippen molar-refractivity contribution in [1.29, 1.82) is 0 Å². The average Bonchev–Trinajstić information content (AvgIpc) is 2.46. The molecule has 0 fully saturated rings. The molecule has 1 aliphatic heterocycles. The summed E-state index contributed by atoms with van der Waals surface area (Å²) in [7, 11) is 1.97. The highest BCUT2D eigenvalue weighted by molar-refractivity contribution is 6.38. The summed E-state index contributed by atoms with van der Waals surface area (Å²) in [5, 5.41) is 12.1. The summed E-state index contributed by atoms with van der Waals surface area (Å²) in [4.78, 5) is 23.0. The quantitative estimate of drug-likeness (QED) is 0.487. The highest BCUT2D eigenvalue weighted by Gasteiger charge is 2.24. The number of fused-ring (bicyclic) bond motifs is 1. The van der Waals surface area contributed by atoms with Crippen LogP contribution >= 0.6 is 0 Å². The minimum atomic E-state index is -0.906. The Morgan fingerprint density at radius 2 is 2.29 bits per heavy atom. The number of benzene rings is 1. The number of carbonyl (C=O) groups is 2. The van der Waals surface area contributed by atoms with Gasteiger partial charge in [-0.15, -0.1) is 12.3 Å². The van der Waals surface area contributed by atoms with E-state index in [1.165, 1.54) is 0 Å². The van der Waals surface area contributed by atoms with Crippen molar-refractivity contribution in [2.24, 2.45) is 0 Å². The standard InChI is InChI=1S/C16H17BNO3/c1-2-3-4-8-15(19)18-14-9-11-6-5-7-12(16(20)21)13(11)10-17-14/h1,5-7,14H,3-4,8-10H2,(H,18,19)(H,20,21). The number of aromatic carboxylic acids is 1. The number of amides is 1. The maximum absolute atomic E-state index is 11.8. The van der Waals surface area contributed by atoms with Crippen LogP contribution in [-0.2, 0) is 17.5 Å². The molecule has 107 valence electrons. The van der Waals surface area contributed by atoms with Gasteiger partial charge in [-0.25, -0.2) is 4.79 Å². The minimum Gasteiger partial charge on any atom is -0.478 e. The van der Waals surface area contributed by atoms with Gasteiger partial charge in [0, 0.05) is 18.8 Å². The molecule has 2 N–H and O–H groups in total. The Morgan fingerprint density at radius 3 is 3.00 bits per heavy atom. The third-order valence-corrected chi connectivity index (χ3v) is 3.62. The Bertz CT molecular complexity index is 592. The largest absolute Gasteiger partial charge is 0.478 e. The van der Waals surface area contributed by atoms with Crippen LogP contribution in [0.15, 0.2) is 18.2 Å². The van der Waals surface area contributed by atoms with E-state index < -0.39 is 5.97 Å². The summed E-state index contributed by atoms with van der Waals surface area (Å²) in [6, 6.07) is 5.29. The molecule has 5 heteroatoms. The first-order valence-corrected chi connectivity index (χ1v) is 7.02. The van der Waals surface area contributed by atoms with Crippen LogP contribution in [0.5, 0.6) is 0 Å². The van der Waals surface area contributed by atoms with Crippen molar-refractivity contribution in [3.8, 4) is 12.3 Å². The molecule has 1 aromatic rings. The fraction of sp³-hybridized carbons (Fsp3) is 0.375. The van der Waals surface area contributed by atoms with E-state index >= 15 is 0 Å². The van der Waals surface area contributed by atoms with Crippen molar-refractivity contribution in [2.75, 3.05) is 0 Å². The topological polar surface area (TPSA) is 66.4 Å². The van der Waals surface area contributed by atoms with Gasteiger partial charge in [-0.2, -0.15) is 0 Å². The fourth-order valence-corrected chi connectivity index (χ4v) is 2.59. The van der Waals surface area contributed by atoms with E-state index in [0.29, 0.717) is 37.6 Å². The number of carbonyl (C=O) groups excluding carboxylic acids is 1. The number of hydrogen-bond donors (Lipinski definition) is 2. The normalized spacial score (nSPS) is 16.2. The monoisotopic (exact) mass is 282 g/mol. The van der Waals surface area contributed by atoms with E-state index in [1.54, 1.807) is 12.1 Å². The average molecular weight is 282 g/mol. The molecule has 0 saturated carbocycles. The summed E-state index contributed by atoms with van der Waals surface area (Å²) in [5.74, 6) is 1.56. The van der Waals surface area contributed by atoms with Gasteiger partial charge in [0.25, 0.3) is 0 Å². The number of hydrogen-bond acceptors (Lipinski definition) is 2. The predicted molar refractivity (Wildman–Crippen MR) is 81.2 cm³/mol. The van der Waals surface area contributed by atoms with Crippen LogP contribution in [0.3, 0.4) is 0 Å². The van der Waals surface area contributed by atoms with Gasteiger partial charge in [0.15, 0.2) is 0 Å². The number of terminal acetylenes is 1. The van der Waals surface area contributed by atoms with Crippen LogP contribution in [0, 0.1) is 12.3 Å². The first-order valence-electron chi connectivity index (χ1n) is 7.02. The zero-order valence-corrected chi connectivity index (χ0v) is 11.8. The molecular weight excluding hydrogens is 265 g/mol. The summed E-state index contributed by atoms with van der Waals surface area (Å²) < 4.78 is 0. The Labute approximate surface area is 125 Å². The number of carboxylic acid groups (broad SMARTS) is 1. The molecule has 1 unspecified atom stereocenters. The molecule has 0 bridgehead atoms. The minimum absolute atomic E-state index is 0.00987. The third-order valence-electron chi connectivity index (χ3n) is 3.62.